The molecule has 2 aromatic rings. The average molecular weight is 318 g/mol. The summed E-state index contributed by atoms with van der Waals surface area (Å²) >= 11 is 1.66. The minimum absolute atomic E-state index is 0.0660. The van der Waals surface area contributed by atoms with Crippen molar-refractivity contribution in [1.82, 2.24) is 9.55 Å². The maximum absolute atomic E-state index is 10.5. The summed E-state index contributed by atoms with van der Waals surface area (Å²) in [6, 6.07) is 8.00. The number of carbonyl (C=O) groups is 1. The van der Waals surface area contributed by atoms with Gasteiger partial charge in [0.25, 0.3) is 0 Å². The molecule has 0 amide bonds. The maximum atomic E-state index is 10.5. The Bertz CT molecular complexity index is 633. The van der Waals surface area contributed by atoms with Crippen LogP contribution >= 0.6 is 11.8 Å². The number of hydrogen-bond donors (Lipinski definition) is 1. The van der Waals surface area contributed by atoms with Gasteiger partial charge in [-0.25, -0.2) is 4.98 Å². The summed E-state index contributed by atoms with van der Waals surface area (Å²) < 4.78 is 2.08. The molecule has 0 saturated carbocycles. The predicted molar refractivity (Wildman–Crippen MR) is 89.3 cm³/mol. The number of imidazole rings is 1. The summed E-state index contributed by atoms with van der Waals surface area (Å²) in [6.07, 6.45) is 3.39. The second-order valence-corrected chi connectivity index (χ2v) is 6.30. The van der Waals surface area contributed by atoms with Gasteiger partial charge in [0.2, 0.25) is 0 Å². The van der Waals surface area contributed by atoms with E-state index in [0.29, 0.717) is 24.7 Å². The van der Waals surface area contributed by atoms with Crippen LogP contribution in [-0.2, 0) is 24.4 Å². The third-order valence-electron chi connectivity index (χ3n) is 3.59. The average Bonchev–Trinajstić information content (AvgIpc) is 2.87. The Morgan fingerprint density at radius 2 is 1.91 bits per heavy atom. The van der Waals surface area contributed by atoms with E-state index in [0.717, 1.165) is 28.1 Å². The molecular weight excluding hydrogens is 296 g/mol. The molecule has 1 aromatic heterocycles. The van der Waals surface area contributed by atoms with Gasteiger partial charge in [0.15, 0.2) is 0 Å². The fraction of sp³-hybridized carbons (Fsp3) is 0.412. The van der Waals surface area contributed by atoms with Crippen LogP contribution in [0.5, 0.6) is 0 Å². The summed E-state index contributed by atoms with van der Waals surface area (Å²) in [5.41, 5.74) is 3.18. The van der Waals surface area contributed by atoms with Gasteiger partial charge >= 0.3 is 0 Å². The van der Waals surface area contributed by atoms with E-state index in [1.54, 1.807) is 11.8 Å². The molecule has 1 aromatic carbocycles. The first-order valence-electron chi connectivity index (χ1n) is 7.36. The molecule has 0 saturated heterocycles. The van der Waals surface area contributed by atoms with Gasteiger partial charge in [0.05, 0.1) is 10.7 Å². The summed E-state index contributed by atoms with van der Waals surface area (Å²) in [6.45, 7) is 4.83. The zero-order valence-corrected chi connectivity index (χ0v) is 14.1. The van der Waals surface area contributed by atoms with Crippen LogP contribution in [0.4, 0.5) is 0 Å². The first-order valence-corrected chi connectivity index (χ1v) is 8.58. The van der Waals surface area contributed by atoms with Gasteiger partial charge < -0.3 is 14.5 Å². The van der Waals surface area contributed by atoms with Crippen LogP contribution < -0.4 is 0 Å². The lowest BCUT2D eigenvalue weighted by Gasteiger charge is -2.11. The van der Waals surface area contributed by atoms with Gasteiger partial charge in [0.1, 0.15) is 18.7 Å². The van der Waals surface area contributed by atoms with Crippen molar-refractivity contribution in [3.8, 4) is 0 Å². The summed E-state index contributed by atoms with van der Waals surface area (Å²) in [7, 11) is 0. The highest BCUT2D eigenvalue weighted by Crippen LogP contribution is 2.29. The molecule has 0 radical (unpaired) electrons. The van der Waals surface area contributed by atoms with Gasteiger partial charge in [-0.2, -0.15) is 0 Å². The maximum Gasteiger partial charge on any atom is 0.136 e. The molecule has 0 spiro atoms. The van der Waals surface area contributed by atoms with Crippen LogP contribution in [0, 0.1) is 0 Å². The standard InChI is InChI=1S/C17H22N2O2S/c1-12(2)16-17(22-3)19(15(11-21)18-16)10-14-6-4-13(5-7-14)8-9-20/h4-7,9,12,21H,8,10-11H2,1-3H3. The highest BCUT2D eigenvalue weighted by molar-refractivity contribution is 7.98. The van der Waals surface area contributed by atoms with Crippen molar-refractivity contribution in [3.05, 3.63) is 46.9 Å². The number of hydrogen-bond acceptors (Lipinski definition) is 4. The summed E-state index contributed by atoms with van der Waals surface area (Å²) in [5, 5.41) is 10.7. The molecule has 0 atom stereocenters. The monoisotopic (exact) mass is 318 g/mol. The Labute approximate surface area is 135 Å². The number of rotatable bonds is 7. The second kappa shape index (κ2) is 7.61. The normalized spacial score (nSPS) is 11.1. The van der Waals surface area contributed by atoms with E-state index < -0.39 is 0 Å². The molecule has 0 aliphatic rings. The Kier molecular flexibility index (Phi) is 5.80. The highest BCUT2D eigenvalue weighted by Gasteiger charge is 2.18. The molecule has 4 nitrogen and oxygen atoms in total. The Hall–Kier alpha value is -1.59. The van der Waals surface area contributed by atoms with Crippen molar-refractivity contribution in [2.45, 2.75) is 44.4 Å². The number of aliphatic hydroxyl groups is 1. The quantitative estimate of drug-likeness (QED) is 0.630. The lowest BCUT2D eigenvalue weighted by atomic mass is 10.1. The molecule has 0 aliphatic carbocycles. The van der Waals surface area contributed by atoms with E-state index in [9.17, 15) is 9.90 Å². The third kappa shape index (κ3) is 3.59. The van der Waals surface area contributed by atoms with Crippen molar-refractivity contribution >= 4 is 18.0 Å². The van der Waals surface area contributed by atoms with Gasteiger partial charge in [-0.1, -0.05) is 38.1 Å². The van der Waals surface area contributed by atoms with Crippen LogP contribution in [0.1, 0.15) is 42.4 Å². The molecule has 0 aliphatic heterocycles. The minimum atomic E-state index is -0.0660. The van der Waals surface area contributed by atoms with Gasteiger partial charge in [-0.3, -0.25) is 0 Å². The molecule has 0 fully saturated rings. The smallest absolute Gasteiger partial charge is 0.136 e. The predicted octanol–water partition coefficient (Wildman–Crippen LogP) is 3.01. The van der Waals surface area contributed by atoms with Crippen molar-refractivity contribution in [1.29, 1.82) is 0 Å². The molecule has 0 bridgehead atoms. The first-order chi connectivity index (χ1) is 10.6. The van der Waals surface area contributed by atoms with E-state index in [1.165, 1.54) is 0 Å². The third-order valence-corrected chi connectivity index (χ3v) is 4.41. The molecule has 5 heteroatoms. The molecule has 2 rings (SSSR count). The molecule has 1 heterocycles. The van der Waals surface area contributed by atoms with Crippen molar-refractivity contribution in [3.63, 3.8) is 0 Å². The van der Waals surface area contributed by atoms with Crippen molar-refractivity contribution < 1.29 is 9.90 Å². The number of nitrogens with zero attached hydrogens (tertiary/aromatic N) is 2. The zero-order valence-electron chi connectivity index (χ0n) is 13.2. The number of carbonyl (C=O) groups excluding carboxylic acids is 1. The second-order valence-electron chi connectivity index (χ2n) is 5.51. The van der Waals surface area contributed by atoms with Crippen LogP contribution in [0.2, 0.25) is 0 Å². The van der Waals surface area contributed by atoms with Gasteiger partial charge in [0, 0.05) is 13.0 Å². The summed E-state index contributed by atoms with van der Waals surface area (Å²) in [5.74, 6) is 1.02. The Morgan fingerprint density at radius 3 is 2.41 bits per heavy atom. The zero-order chi connectivity index (χ0) is 16.1. The van der Waals surface area contributed by atoms with Crippen LogP contribution in [0.15, 0.2) is 29.3 Å². The van der Waals surface area contributed by atoms with Crippen molar-refractivity contribution in [2.75, 3.05) is 6.26 Å². The molecule has 22 heavy (non-hydrogen) atoms. The van der Waals surface area contributed by atoms with Gasteiger partial charge in [-0.15, -0.1) is 11.8 Å². The van der Waals surface area contributed by atoms with E-state index in [1.807, 2.05) is 30.5 Å². The lowest BCUT2D eigenvalue weighted by molar-refractivity contribution is -0.107. The topological polar surface area (TPSA) is 55.1 Å². The number of aldehydes is 1. The first kappa shape index (κ1) is 16.8. The largest absolute Gasteiger partial charge is 0.388 e. The van der Waals surface area contributed by atoms with Crippen LogP contribution in [0.3, 0.4) is 0 Å². The van der Waals surface area contributed by atoms with E-state index in [4.69, 9.17) is 0 Å². The minimum Gasteiger partial charge on any atom is -0.388 e. The van der Waals surface area contributed by atoms with E-state index in [2.05, 4.69) is 23.4 Å². The number of benzene rings is 1. The fourth-order valence-electron chi connectivity index (χ4n) is 2.44. The number of aromatic nitrogens is 2. The van der Waals surface area contributed by atoms with E-state index >= 15 is 0 Å². The molecule has 1 N–H and O–H groups in total. The van der Waals surface area contributed by atoms with E-state index in [-0.39, 0.29) is 6.61 Å². The molecule has 118 valence electrons. The van der Waals surface area contributed by atoms with Crippen molar-refractivity contribution in [2.24, 2.45) is 0 Å². The summed E-state index contributed by atoms with van der Waals surface area (Å²) in [4.78, 5) is 15.1. The highest BCUT2D eigenvalue weighted by atomic mass is 32.2. The van der Waals surface area contributed by atoms with Gasteiger partial charge in [-0.05, 0) is 23.3 Å². The number of thioether (sulfide) groups is 1. The lowest BCUT2D eigenvalue weighted by Crippen LogP contribution is -2.06. The van der Waals surface area contributed by atoms with Crippen LogP contribution in [-0.4, -0.2) is 27.2 Å². The fourth-order valence-corrected chi connectivity index (χ4v) is 3.32. The Morgan fingerprint density at radius 1 is 1.27 bits per heavy atom. The molecular formula is C17H22N2O2S. The Balaban J connectivity index is 2.33. The number of aliphatic hydroxyl groups excluding tert-OH is 1. The molecule has 0 unspecified atom stereocenters. The van der Waals surface area contributed by atoms with Crippen LogP contribution in [0.25, 0.3) is 0 Å². The SMILES string of the molecule is CSc1c(C(C)C)nc(CO)n1Cc1ccc(CC=O)cc1.